The van der Waals surface area contributed by atoms with Crippen LogP contribution in [0.2, 0.25) is 0 Å². The van der Waals surface area contributed by atoms with Gasteiger partial charge in [-0.15, -0.1) is 0 Å². The Morgan fingerprint density at radius 3 is 2.94 bits per heavy atom. The van der Waals surface area contributed by atoms with E-state index >= 15 is 0 Å². The standard InChI is InChI=1S/C16H25NO/c1-3-13-6-4-8-15(10-13)18-11-14-7-5-9-16(17)12(14)2/h5,7,9,13,15H,3-4,6,8,10-11,17H2,1-2H3. The van der Waals surface area contributed by atoms with Crippen molar-refractivity contribution in [1.29, 1.82) is 0 Å². The van der Waals surface area contributed by atoms with Gasteiger partial charge in [0.25, 0.3) is 0 Å². The lowest BCUT2D eigenvalue weighted by Gasteiger charge is -2.28. The fourth-order valence-electron chi connectivity index (χ4n) is 2.83. The molecule has 0 aliphatic heterocycles. The Balaban J connectivity index is 1.89. The van der Waals surface area contributed by atoms with Gasteiger partial charge in [-0.1, -0.05) is 38.3 Å². The van der Waals surface area contributed by atoms with E-state index in [9.17, 15) is 0 Å². The van der Waals surface area contributed by atoms with Crippen LogP contribution in [0.3, 0.4) is 0 Å². The smallest absolute Gasteiger partial charge is 0.0723 e. The van der Waals surface area contributed by atoms with E-state index in [1.165, 1.54) is 43.2 Å². The van der Waals surface area contributed by atoms with Crippen LogP contribution < -0.4 is 5.73 Å². The van der Waals surface area contributed by atoms with Crippen LogP contribution in [-0.4, -0.2) is 6.10 Å². The predicted molar refractivity (Wildman–Crippen MR) is 76.4 cm³/mol. The first kappa shape index (κ1) is 13.4. The second kappa shape index (κ2) is 6.24. The average molecular weight is 247 g/mol. The van der Waals surface area contributed by atoms with Gasteiger partial charge >= 0.3 is 0 Å². The van der Waals surface area contributed by atoms with Crippen molar-refractivity contribution < 1.29 is 4.74 Å². The SMILES string of the molecule is CCC1CCCC(OCc2cccc(N)c2C)C1. The fraction of sp³-hybridized carbons (Fsp3) is 0.625. The Morgan fingerprint density at radius 2 is 2.17 bits per heavy atom. The van der Waals surface area contributed by atoms with Gasteiger partial charge in [0, 0.05) is 5.69 Å². The van der Waals surface area contributed by atoms with Crippen LogP contribution in [0.15, 0.2) is 18.2 Å². The van der Waals surface area contributed by atoms with E-state index in [-0.39, 0.29) is 0 Å². The summed E-state index contributed by atoms with van der Waals surface area (Å²) in [6.07, 6.45) is 6.89. The van der Waals surface area contributed by atoms with Crippen LogP contribution >= 0.6 is 0 Å². The molecular weight excluding hydrogens is 222 g/mol. The Hall–Kier alpha value is -1.02. The second-order valence-electron chi connectivity index (χ2n) is 5.51. The van der Waals surface area contributed by atoms with E-state index in [0.29, 0.717) is 12.7 Å². The zero-order valence-electron chi connectivity index (χ0n) is 11.6. The fourth-order valence-corrected chi connectivity index (χ4v) is 2.83. The lowest BCUT2D eigenvalue weighted by Crippen LogP contribution is -2.22. The predicted octanol–water partition coefficient (Wildman–Crippen LogP) is 4.06. The third-order valence-electron chi connectivity index (χ3n) is 4.27. The topological polar surface area (TPSA) is 35.2 Å². The van der Waals surface area contributed by atoms with E-state index in [1.807, 2.05) is 12.1 Å². The van der Waals surface area contributed by atoms with Crippen molar-refractivity contribution in [2.75, 3.05) is 5.73 Å². The highest BCUT2D eigenvalue weighted by atomic mass is 16.5. The van der Waals surface area contributed by atoms with Gasteiger partial charge in [0.05, 0.1) is 12.7 Å². The molecule has 1 saturated carbocycles. The molecule has 0 bridgehead atoms. The first-order valence-corrected chi connectivity index (χ1v) is 7.16. The number of ether oxygens (including phenoxy) is 1. The Bertz CT molecular complexity index is 389. The number of hydrogen-bond acceptors (Lipinski definition) is 2. The van der Waals surface area contributed by atoms with Gasteiger partial charge in [0.15, 0.2) is 0 Å². The van der Waals surface area contributed by atoms with Crippen molar-refractivity contribution in [3.63, 3.8) is 0 Å². The number of anilines is 1. The van der Waals surface area contributed by atoms with Gasteiger partial charge in [-0.3, -0.25) is 0 Å². The summed E-state index contributed by atoms with van der Waals surface area (Å²) in [6, 6.07) is 6.08. The van der Waals surface area contributed by atoms with Gasteiger partial charge in [0.2, 0.25) is 0 Å². The van der Waals surface area contributed by atoms with Crippen LogP contribution in [0.5, 0.6) is 0 Å². The largest absolute Gasteiger partial charge is 0.399 e. The molecule has 1 aliphatic carbocycles. The van der Waals surface area contributed by atoms with Crippen LogP contribution in [0.25, 0.3) is 0 Å². The van der Waals surface area contributed by atoms with E-state index in [1.54, 1.807) is 0 Å². The molecule has 1 aliphatic rings. The maximum Gasteiger partial charge on any atom is 0.0723 e. The Kier molecular flexibility index (Phi) is 4.65. The summed E-state index contributed by atoms with van der Waals surface area (Å²) in [7, 11) is 0. The van der Waals surface area contributed by atoms with Crippen molar-refractivity contribution in [2.24, 2.45) is 5.92 Å². The molecule has 1 aromatic carbocycles. The molecule has 0 amide bonds. The van der Waals surface area contributed by atoms with E-state index in [0.717, 1.165) is 11.6 Å². The molecule has 2 heteroatoms. The number of rotatable bonds is 4. The molecule has 2 nitrogen and oxygen atoms in total. The number of benzene rings is 1. The molecular formula is C16H25NO. The van der Waals surface area contributed by atoms with Crippen LogP contribution in [-0.2, 0) is 11.3 Å². The molecule has 0 spiro atoms. The minimum atomic E-state index is 0.449. The molecule has 0 radical (unpaired) electrons. The lowest BCUT2D eigenvalue weighted by atomic mass is 9.85. The normalized spacial score (nSPS) is 24.1. The van der Waals surface area contributed by atoms with Crippen LogP contribution in [0, 0.1) is 12.8 Å². The summed E-state index contributed by atoms with van der Waals surface area (Å²) in [5.74, 6) is 0.866. The summed E-state index contributed by atoms with van der Waals surface area (Å²) < 4.78 is 6.08. The van der Waals surface area contributed by atoms with Gasteiger partial charge in [-0.2, -0.15) is 0 Å². The monoisotopic (exact) mass is 247 g/mol. The quantitative estimate of drug-likeness (QED) is 0.814. The number of hydrogen-bond donors (Lipinski definition) is 1. The second-order valence-corrected chi connectivity index (χ2v) is 5.51. The minimum Gasteiger partial charge on any atom is -0.399 e. The maximum atomic E-state index is 6.08. The third kappa shape index (κ3) is 3.26. The highest BCUT2D eigenvalue weighted by molar-refractivity contribution is 5.49. The maximum absolute atomic E-state index is 6.08. The molecule has 0 heterocycles. The molecule has 0 saturated heterocycles. The van der Waals surface area contributed by atoms with Crippen molar-refractivity contribution in [3.8, 4) is 0 Å². The van der Waals surface area contributed by atoms with Gasteiger partial charge in [0.1, 0.15) is 0 Å². The third-order valence-corrected chi connectivity index (χ3v) is 4.27. The van der Waals surface area contributed by atoms with Crippen LogP contribution in [0.1, 0.15) is 50.2 Å². The molecule has 1 fully saturated rings. The van der Waals surface area contributed by atoms with Crippen LogP contribution in [0.4, 0.5) is 5.69 Å². The molecule has 18 heavy (non-hydrogen) atoms. The molecule has 2 rings (SSSR count). The molecule has 100 valence electrons. The molecule has 2 N–H and O–H groups in total. The highest BCUT2D eigenvalue weighted by Gasteiger charge is 2.21. The van der Waals surface area contributed by atoms with Gasteiger partial charge in [-0.05, 0) is 42.9 Å². The Labute approximate surface area is 111 Å². The highest BCUT2D eigenvalue weighted by Crippen LogP contribution is 2.29. The van der Waals surface area contributed by atoms with Gasteiger partial charge < -0.3 is 10.5 Å². The van der Waals surface area contributed by atoms with Crippen molar-refractivity contribution >= 4 is 5.69 Å². The molecule has 0 aromatic heterocycles. The van der Waals surface area contributed by atoms with Crippen molar-refractivity contribution in [1.82, 2.24) is 0 Å². The van der Waals surface area contributed by atoms with Gasteiger partial charge in [-0.25, -0.2) is 0 Å². The summed E-state index contributed by atoms with van der Waals surface area (Å²) in [6.45, 7) is 5.07. The molecule has 2 unspecified atom stereocenters. The Morgan fingerprint density at radius 1 is 1.33 bits per heavy atom. The molecule has 2 atom stereocenters. The number of nitrogen functional groups attached to an aromatic ring is 1. The van der Waals surface area contributed by atoms with E-state index in [2.05, 4.69) is 19.9 Å². The zero-order valence-corrected chi connectivity index (χ0v) is 11.6. The van der Waals surface area contributed by atoms with Crippen molar-refractivity contribution in [2.45, 2.75) is 58.7 Å². The van der Waals surface area contributed by atoms with Crippen molar-refractivity contribution in [3.05, 3.63) is 29.3 Å². The van der Waals surface area contributed by atoms with E-state index < -0.39 is 0 Å². The summed E-state index contributed by atoms with van der Waals surface area (Å²) >= 11 is 0. The first-order valence-electron chi connectivity index (χ1n) is 7.16. The first-order chi connectivity index (χ1) is 8.70. The average Bonchev–Trinajstić information content (AvgIpc) is 2.41. The zero-order chi connectivity index (χ0) is 13.0. The lowest BCUT2D eigenvalue weighted by molar-refractivity contribution is 0.00160. The molecule has 1 aromatic rings. The number of nitrogens with two attached hydrogens (primary N) is 1. The summed E-state index contributed by atoms with van der Waals surface area (Å²) in [5.41, 5.74) is 9.18. The summed E-state index contributed by atoms with van der Waals surface area (Å²) in [5, 5.41) is 0. The minimum absolute atomic E-state index is 0.449. The summed E-state index contributed by atoms with van der Waals surface area (Å²) in [4.78, 5) is 0. The van der Waals surface area contributed by atoms with E-state index in [4.69, 9.17) is 10.5 Å².